The zero-order valence-electron chi connectivity index (χ0n) is 10.6. The Morgan fingerprint density at radius 3 is 2.38 bits per heavy atom. The summed E-state index contributed by atoms with van der Waals surface area (Å²) in [5.74, 6) is 0.841. The zero-order chi connectivity index (χ0) is 12.0. The lowest BCUT2D eigenvalue weighted by atomic mass is 9.94. The SMILES string of the molecule is CCCCc1cc(CC)cc([C](C)CF)c1. The molecule has 0 aliphatic heterocycles. The summed E-state index contributed by atoms with van der Waals surface area (Å²) in [6.07, 6.45) is 4.54. The second-order valence-corrected chi connectivity index (χ2v) is 4.41. The normalized spacial score (nSPS) is 11.1. The molecule has 1 rings (SSSR count). The van der Waals surface area contributed by atoms with E-state index < -0.39 is 0 Å². The van der Waals surface area contributed by atoms with Crippen LogP contribution in [0.4, 0.5) is 4.39 Å². The molecule has 0 aliphatic carbocycles. The minimum Gasteiger partial charge on any atom is -0.250 e. The van der Waals surface area contributed by atoms with Crippen LogP contribution in [0.2, 0.25) is 0 Å². The molecule has 1 radical (unpaired) electrons. The average Bonchev–Trinajstić information content (AvgIpc) is 2.34. The summed E-state index contributed by atoms with van der Waals surface area (Å²) in [6.45, 7) is 5.87. The molecule has 0 unspecified atom stereocenters. The predicted octanol–water partition coefficient (Wildman–Crippen LogP) is 4.50. The highest BCUT2D eigenvalue weighted by molar-refractivity contribution is 5.38. The number of rotatable bonds is 6. The highest BCUT2D eigenvalue weighted by atomic mass is 19.1. The first-order valence-corrected chi connectivity index (χ1v) is 6.22. The van der Waals surface area contributed by atoms with Crippen LogP contribution >= 0.6 is 0 Å². The van der Waals surface area contributed by atoms with Crippen molar-refractivity contribution in [2.45, 2.75) is 46.5 Å². The first-order chi connectivity index (χ1) is 7.71. The highest BCUT2D eigenvalue weighted by Crippen LogP contribution is 2.20. The third-order valence-corrected chi connectivity index (χ3v) is 2.97. The average molecular weight is 221 g/mol. The van der Waals surface area contributed by atoms with Crippen molar-refractivity contribution in [3.8, 4) is 0 Å². The number of alkyl halides is 1. The van der Waals surface area contributed by atoms with Crippen LogP contribution in [0.3, 0.4) is 0 Å². The number of halogens is 1. The van der Waals surface area contributed by atoms with Crippen molar-refractivity contribution in [1.29, 1.82) is 0 Å². The molecule has 0 saturated heterocycles. The van der Waals surface area contributed by atoms with Gasteiger partial charge in [-0.25, -0.2) is 0 Å². The van der Waals surface area contributed by atoms with E-state index in [1.54, 1.807) is 0 Å². The zero-order valence-corrected chi connectivity index (χ0v) is 10.6. The third-order valence-electron chi connectivity index (χ3n) is 2.97. The molecule has 1 aromatic carbocycles. The molecule has 0 saturated carbocycles. The molecule has 0 bridgehead atoms. The van der Waals surface area contributed by atoms with E-state index in [2.05, 4.69) is 32.0 Å². The quantitative estimate of drug-likeness (QED) is 0.663. The molecule has 0 aliphatic rings. The van der Waals surface area contributed by atoms with Gasteiger partial charge in [0.25, 0.3) is 0 Å². The topological polar surface area (TPSA) is 0 Å². The molecular formula is C15H22F. The number of benzene rings is 1. The van der Waals surface area contributed by atoms with E-state index in [-0.39, 0.29) is 6.67 Å². The van der Waals surface area contributed by atoms with E-state index >= 15 is 0 Å². The summed E-state index contributed by atoms with van der Waals surface area (Å²) in [4.78, 5) is 0. The van der Waals surface area contributed by atoms with Crippen LogP contribution in [-0.2, 0) is 12.8 Å². The Kier molecular flexibility index (Phi) is 5.51. The molecule has 0 spiro atoms. The second-order valence-electron chi connectivity index (χ2n) is 4.41. The largest absolute Gasteiger partial charge is 0.250 e. The molecule has 0 heterocycles. The van der Waals surface area contributed by atoms with Gasteiger partial charge in [-0.15, -0.1) is 0 Å². The fraction of sp³-hybridized carbons (Fsp3) is 0.533. The maximum absolute atomic E-state index is 12.7. The lowest BCUT2D eigenvalue weighted by Crippen LogP contribution is -2.00. The molecule has 0 N–H and O–H groups in total. The van der Waals surface area contributed by atoms with Crippen molar-refractivity contribution in [2.24, 2.45) is 0 Å². The van der Waals surface area contributed by atoms with Crippen molar-refractivity contribution < 1.29 is 4.39 Å². The Labute approximate surface area is 98.9 Å². The number of hydrogen-bond acceptors (Lipinski definition) is 0. The van der Waals surface area contributed by atoms with E-state index in [9.17, 15) is 4.39 Å². The monoisotopic (exact) mass is 221 g/mol. The Bertz CT molecular complexity index is 317. The van der Waals surface area contributed by atoms with Gasteiger partial charge in [0.1, 0.15) is 0 Å². The number of aryl methyl sites for hydroxylation is 2. The second kappa shape index (κ2) is 6.67. The summed E-state index contributed by atoms with van der Waals surface area (Å²) >= 11 is 0. The van der Waals surface area contributed by atoms with E-state index in [4.69, 9.17) is 0 Å². The molecule has 0 aromatic heterocycles. The fourth-order valence-corrected chi connectivity index (χ4v) is 1.82. The van der Waals surface area contributed by atoms with E-state index in [1.165, 1.54) is 24.0 Å². The van der Waals surface area contributed by atoms with Crippen LogP contribution in [0.25, 0.3) is 0 Å². The minimum atomic E-state index is -0.347. The molecule has 0 fully saturated rings. The van der Waals surface area contributed by atoms with Gasteiger partial charge in [0.15, 0.2) is 0 Å². The van der Waals surface area contributed by atoms with Crippen LogP contribution in [0.1, 0.15) is 50.3 Å². The molecule has 89 valence electrons. The Morgan fingerprint density at radius 2 is 1.81 bits per heavy atom. The van der Waals surface area contributed by atoms with Crippen LogP contribution in [0.5, 0.6) is 0 Å². The maximum atomic E-state index is 12.7. The van der Waals surface area contributed by atoms with Gasteiger partial charge in [-0.1, -0.05) is 45.4 Å². The van der Waals surface area contributed by atoms with Gasteiger partial charge in [0.2, 0.25) is 0 Å². The first kappa shape index (κ1) is 13.2. The fourth-order valence-electron chi connectivity index (χ4n) is 1.82. The van der Waals surface area contributed by atoms with Crippen LogP contribution < -0.4 is 0 Å². The Morgan fingerprint density at radius 1 is 1.12 bits per heavy atom. The minimum absolute atomic E-state index is 0.347. The number of hydrogen-bond donors (Lipinski definition) is 0. The Hall–Kier alpha value is -0.850. The molecular weight excluding hydrogens is 199 g/mol. The van der Waals surface area contributed by atoms with Crippen molar-refractivity contribution in [2.75, 3.05) is 6.67 Å². The van der Waals surface area contributed by atoms with E-state index in [0.29, 0.717) is 0 Å². The molecule has 0 amide bonds. The highest BCUT2D eigenvalue weighted by Gasteiger charge is 2.08. The van der Waals surface area contributed by atoms with Crippen molar-refractivity contribution in [3.05, 3.63) is 40.8 Å². The first-order valence-electron chi connectivity index (χ1n) is 6.22. The van der Waals surface area contributed by atoms with E-state index in [0.717, 1.165) is 24.3 Å². The lowest BCUT2D eigenvalue weighted by Gasteiger charge is -2.11. The van der Waals surface area contributed by atoms with Gasteiger partial charge in [-0.3, -0.25) is 4.39 Å². The molecule has 16 heavy (non-hydrogen) atoms. The molecule has 0 nitrogen and oxygen atoms in total. The summed E-state index contributed by atoms with van der Waals surface area (Å²) in [7, 11) is 0. The van der Waals surface area contributed by atoms with Crippen molar-refractivity contribution >= 4 is 0 Å². The van der Waals surface area contributed by atoms with Crippen LogP contribution in [0.15, 0.2) is 18.2 Å². The van der Waals surface area contributed by atoms with Crippen LogP contribution in [0, 0.1) is 5.92 Å². The lowest BCUT2D eigenvalue weighted by molar-refractivity contribution is 0.516. The van der Waals surface area contributed by atoms with Crippen molar-refractivity contribution in [1.82, 2.24) is 0 Å². The summed E-state index contributed by atoms with van der Waals surface area (Å²) < 4.78 is 12.7. The van der Waals surface area contributed by atoms with Gasteiger partial charge in [0.05, 0.1) is 6.67 Å². The third kappa shape index (κ3) is 3.62. The van der Waals surface area contributed by atoms with Gasteiger partial charge in [-0.2, -0.15) is 0 Å². The van der Waals surface area contributed by atoms with Gasteiger partial charge in [-0.05, 0) is 36.0 Å². The maximum Gasteiger partial charge on any atom is 0.0997 e. The molecule has 1 heteroatoms. The van der Waals surface area contributed by atoms with Crippen LogP contribution in [-0.4, -0.2) is 6.67 Å². The van der Waals surface area contributed by atoms with Gasteiger partial charge in [0, 0.05) is 5.92 Å². The van der Waals surface area contributed by atoms with E-state index in [1.807, 2.05) is 6.92 Å². The van der Waals surface area contributed by atoms with Crippen molar-refractivity contribution in [3.63, 3.8) is 0 Å². The predicted molar refractivity (Wildman–Crippen MR) is 68.4 cm³/mol. The number of unbranched alkanes of at least 4 members (excludes halogenated alkanes) is 1. The Balaban J connectivity index is 2.91. The summed E-state index contributed by atoms with van der Waals surface area (Å²) in [6, 6.07) is 6.51. The van der Waals surface area contributed by atoms with Gasteiger partial charge < -0.3 is 0 Å². The van der Waals surface area contributed by atoms with Gasteiger partial charge >= 0.3 is 0 Å². The molecule has 1 aromatic rings. The summed E-state index contributed by atoms with van der Waals surface area (Å²) in [5.41, 5.74) is 3.74. The smallest absolute Gasteiger partial charge is 0.0997 e. The molecule has 0 atom stereocenters. The standard InChI is InChI=1S/C15H22F/c1-4-6-7-14-8-13(5-2)9-15(10-14)12(3)11-16/h8-10H,4-7,11H2,1-3H3. The summed E-state index contributed by atoms with van der Waals surface area (Å²) in [5, 5.41) is 0.